The van der Waals surface area contributed by atoms with Gasteiger partial charge in [0, 0.05) is 30.9 Å². The molecule has 0 aliphatic heterocycles. The van der Waals surface area contributed by atoms with Gasteiger partial charge in [0.1, 0.15) is 12.1 Å². The number of carbonyl (C=O) groups excluding carboxylic acids is 1. The first-order chi connectivity index (χ1) is 10.9. The molecule has 2 aromatic rings. The Bertz CT molecular complexity index is 720. The van der Waals surface area contributed by atoms with Crippen LogP contribution in [0.1, 0.15) is 16.8 Å². The second kappa shape index (κ2) is 6.95. The molecule has 2 rings (SSSR count). The molecule has 9 heteroatoms. The smallest absolute Gasteiger partial charge is 0.404 e. The van der Waals surface area contributed by atoms with Gasteiger partial charge >= 0.3 is 6.09 Å². The van der Waals surface area contributed by atoms with Gasteiger partial charge < -0.3 is 10.4 Å². The van der Waals surface area contributed by atoms with E-state index in [1.54, 1.807) is 0 Å². The van der Waals surface area contributed by atoms with Crippen molar-refractivity contribution in [2.75, 3.05) is 0 Å². The van der Waals surface area contributed by atoms with Crippen LogP contribution >= 0.6 is 0 Å². The van der Waals surface area contributed by atoms with E-state index in [0.717, 1.165) is 4.57 Å². The summed E-state index contributed by atoms with van der Waals surface area (Å²) >= 11 is 0. The fraction of sp³-hybridized carbons (Fsp3) is 0.214. The first-order valence-electron chi connectivity index (χ1n) is 6.51. The first kappa shape index (κ1) is 16.5. The Morgan fingerprint density at radius 1 is 1.22 bits per heavy atom. The van der Waals surface area contributed by atoms with E-state index in [1.807, 2.05) is 0 Å². The summed E-state index contributed by atoms with van der Waals surface area (Å²) in [7, 11) is 0. The summed E-state index contributed by atoms with van der Waals surface area (Å²) in [5, 5.41) is 10.9. The zero-order valence-corrected chi connectivity index (χ0v) is 11.7. The molecular formula is C14H12F3N3O3. The first-order valence-corrected chi connectivity index (χ1v) is 6.51. The molecule has 1 atom stereocenters. The van der Waals surface area contributed by atoms with Crippen molar-refractivity contribution in [1.82, 2.24) is 14.9 Å². The molecule has 1 amide bonds. The van der Waals surface area contributed by atoms with Crippen molar-refractivity contribution in [1.29, 1.82) is 0 Å². The number of halogens is 3. The Balaban J connectivity index is 2.17. The second-order valence-corrected chi connectivity index (χ2v) is 4.78. The molecule has 6 nitrogen and oxygen atoms in total. The van der Waals surface area contributed by atoms with Crippen LogP contribution in [-0.2, 0) is 6.42 Å². The summed E-state index contributed by atoms with van der Waals surface area (Å²) in [6, 6.07) is 0.00468. The van der Waals surface area contributed by atoms with Crippen LogP contribution in [0.2, 0.25) is 0 Å². The van der Waals surface area contributed by atoms with Gasteiger partial charge in [-0.15, -0.1) is 0 Å². The third-order valence-electron chi connectivity index (χ3n) is 3.10. The molecule has 0 radical (unpaired) electrons. The molecule has 0 saturated heterocycles. The van der Waals surface area contributed by atoms with Crippen LogP contribution in [0, 0.1) is 17.5 Å². The fourth-order valence-corrected chi connectivity index (χ4v) is 2.06. The maximum absolute atomic E-state index is 13.7. The molecule has 1 aromatic carbocycles. The number of nitrogens with one attached hydrogen (secondary N) is 1. The molecule has 0 fully saturated rings. The number of carbonyl (C=O) groups is 2. The quantitative estimate of drug-likeness (QED) is 0.825. The molecule has 0 unspecified atom stereocenters. The van der Waals surface area contributed by atoms with Crippen molar-refractivity contribution in [2.45, 2.75) is 18.9 Å². The van der Waals surface area contributed by atoms with Crippen LogP contribution in [0.4, 0.5) is 18.0 Å². The van der Waals surface area contributed by atoms with E-state index in [-0.39, 0.29) is 18.4 Å². The Morgan fingerprint density at radius 3 is 2.52 bits per heavy atom. The van der Waals surface area contributed by atoms with Gasteiger partial charge in [-0.3, -0.25) is 9.36 Å². The number of rotatable bonds is 5. The molecule has 0 saturated carbocycles. The lowest BCUT2D eigenvalue weighted by Gasteiger charge is -2.17. The van der Waals surface area contributed by atoms with Crippen LogP contribution in [0.3, 0.4) is 0 Å². The van der Waals surface area contributed by atoms with Crippen LogP contribution in [0.15, 0.2) is 30.9 Å². The summed E-state index contributed by atoms with van der Waals surface area (Å²) in [5.41, 5.74) is -0.235. The Morgan fingerprint density at radius 2 is 1.91 bits per heavy atom. The van der Waals surface area contributed by atoms with E-state index >= 15 is 0 Å². The third-order valence-corrected chi connectivity index (χ3v) is 3.10. The van der Waals surface area contributed by atoms with E-state index in [4.69, 9.17) is 5.11 Å². The summed E-state index contributed by atoms with van der Waals surface area (Å²) in [6.07, 6.45) is 1.94. The average molecular weight is 327 g/mol. The van der Waals surface area contributed by atoms with Crippen molar-refractivity contribution in [3.8, 4) is 0 Å². The summed E-state index contributed by atoms with van der Waals surface area (Å²) < 4.78 is 40.9. The van der Waals surface area contributed by atoms with Crippen LogP contribution < -0.4 is 5.32 Å². The summed E-state index contributed by atoms with van der Waals surface area (Å²) in [4.78, 5) is 26.4. The highest BCUT2D eigenvalue weighted by Crippen LogP contribution is 2.16. The predicted octanol–water partition coefficient (Wildman–Crippen LogP) is 2.21. The van der Waals surface area contributed by atoms with Gasteiger partial charge in [0.05, 0.1) is 0 Å². The molecule has 1 aromatic heterocycles. The minimum atomic E-state index is -1.42. The van der Waals surface area contributed by atoms with Gasteiger partial charge in [-0.25, -0.2) is 22.9 Å². The van der Waals surface area contributed by atoms with Gasteiger partial charge in [0.25, 0.3) is 0 Å². The molecule has 23 heavy (non-hydrogen) atoms. The molecule has 0 spiro atoms. The average Bonchev–Trinajstić information content (AvgIpc) is 2.98. The lowest BCUT2D eigenvalue weighted by atomic mass is 10.0. The zero-order valence-electron chi connectivity index (χ0n) is 11.7. The van der Waals surface area contributed by atoms with Crippen molar-refractivity contribution in [3.05, 3.63) is 53.9 Å². The summed E-state index contributed by atoms with van der Waals surface area (Å²) in [5.74, 6) is -4.10. The lowest BCUT2D eigenvalue weighted by molar-refractivity contribution is 0.0887. The normalized spacial score (nSPS) is 12.0. The predicted molar refractivity (Wildman–Crippen MR) is 72.4 cm³/mol. The van der Waals surface area contributed by atoms with Gasteiger partial charge in [-0.2, -0.15) is 0 Å². The van der Waals surface area contributed by atoms with Gasteiger partial charge in [0.15, 0.2) is 11.6 Å². The largest absolute Gasteiger partial charge is 0.465 e. The maximum Gasteiger partial charge on any atom is 0.404 e. The zero-order chi connectivity index (χ0) is 17.0. The number of aromatic nitrogens is 2. The SMILES string of the molecule is O=C(O)N[C@@H](CC(=O)n1ccnc1)Cc1cc(F)c(F)cc1F. The lowest BCUT2D eigenvalue weighted by Crippen LogP contribution is -2.38. The number of amides is 1. The molecule has 122 valence electrons. The molecule has 0 aliphatic carbocycles. The molecule has 1 heterocycles. The van der Waals surface area contributed by atoms with E-state index in [1.165, 1.54) is 18.7 Å². The van der Waals surface area contributed by atoms with Crippen molar-refractivity contribution in [3.63, 3.8) is 0 Å². The third kappa shape index (κ3) is 4.31. The standard InChI is InChI=1S/C14H12F3N3O3/c15-10-6-12(17)11(16)4-8(10)3-9(19-14(22)23)5-13(21)20-2-1-18-7-20/h1-2,4,6-7,9,19H,3,5H2,(H,22,23)/t9-/m1/s1. The van der Waals surface area contributed by atoms with Gasteiger partial charge in [-0.05, 0) is 18.1 Å². The molecule has 2 N–H and O–H groups in total. The van der Waals surface area contributed by atoms with Crippen LogP contribution in [-0.4, -0.2) is 32.7 Å². The number of hydrogen-bond donors (Lipinski definition) is 2. The van der Waals surface area contributed by atoms with Crippen molar-refractivity contribution < 1.29 is 27.9 Å². The maximum atomic E-state index is 13.7. The van der Waals surface area contributed by atoms with E-state index < -0.39 is 35.5 Å². The Hall–Kier alpha value is -2.84. The minimum Gasteiger partial charge on any atom is -0.465 e. The van der Waals surface area contributed by atoms with Crippen molar-refractivity contribution >= 4 is 12.0 Å². The molecule has 0 bridgehead atoms. The number of carboxylic acid groups (broad SMARTS) is 1. The van der Waals surface area contributed by atoms with Crippen LogP contribution in [0.25, 0.3) is 0 Å². The highest BCUT2D eigenvalue weighted by atomic mass is 19.2. The highest BCUT2D eigenvalue weighted by Gasteiger charge is 2.20. The summed E-state index contributed by atoms with van der Waals surface area (Å²) in [6.45, 7) is 0. The van der Waals surface area contributed by atoms with Crippen LogP contribution in [0.5, 0.6) is 0 Å². The molecular weight excluding hydrogens is 315 g/mol. The van der Waals surface area contributed by atoms with E-state index in [2.05, 4.69) is 10.3 Å². The fourth-order valence-electron chi connectivity index (χ4n) is 2.06. The number of benzene rings is 1. The minimum absolute atomic E-state index is 0.235. The van der Waals surface area contributed by atoms with E-state index in [0.29, 0.717) is 12.1 Å². The number of nitrogens with zero attached hydrogens (tertiary/aromatic N) is 2. The van der Waals surface area contributed by atoms with Gasteiger partial charge in [0.2, 0.25) is 5.91 Å². The molecule has 0 aliphatic rings. The van der Waals surface area contributed by atoms with E-state index in [9.17, 15) is 22.8 Å². The topological polar surface area (TPSA) is 84.2 Å². The second-order valence-electron chi connectivity index (χ2n) is 4.78. The number of hydrogen-bond acceptors (Lipinski definition) is 3. The highest BCUT2D eigenvalue weighted by molar-refractivity contribution is 5.80. The monoisotopic (exact) mass is 327 g/mol. The Kier molecular flexibility index (Phi) is 4.99. The Labute approximate surface area is 128 Å². The number of imidazole rings is 1. The van der Waals surface area contributed by atoms with Gasteiger partial charge in [-0.1, -0.05) is 0 Å². The van der Waals surface area contributed by atoms with Crippen molar-refractivity contribution in [2.24, 2.45) is 0 Å².